The van der Waals surface area contributed by atoms with Crippen LogP contribution in [0.5, 0.6) is 5.75 Å². The van der Waals surface area contributed by atoms with E-state index in [4.69, 9.17) is 15.0 Å². The molecule has 0 aliphatic heterocycles. The molecule has 0 radical (unpaired) electrons. The van der Waals surface area contributed by atoms with Gasteiger partial charge in [-0.3, -0.25) is 0 Å². The van der Waals surface area contributed by atoms with Gasteiger partial charge in [0.05, 0.1) is 7.11 Å². The molecule has 0 aliphatic rings. The zero-order valence-corrected chi connectivity index (χ0v) is 12.2. The van der Waals surface area contributed by atoms with E-state index in [2.05, 4.69) is 10.1 Å². The van der Waals surface area contributed by atoms with Gasteiger partial charge < -0.3 is 15.0 Å². The second kappa shape index (κ2) is 6.05. The molecule has 0 unspecified atom stereocenters. The van der Waals surface area contributed by atoms with Crippen molar-refractivity contribution < 1.29 is 9.26 Å². The molecule has 2 aromatic rings. The Bertz CT molecular complexity index is 541. The lowest BCUT2D eigenvalue weighted by molar-refractivity contribution is 0.355. The van der Waals surface area contributed by atoms with Crippen molar-refractivity contribution in [3.8, 4) is 5.75 Å². The second-order valence-corrected chi connectivity index (χ2v) is 5.62. The van der Waals surface area contributed by atoms with Crippen molar-refractivity contribution in [3.05, 3.63) is 41.5 Å². The molecule has 0 fully saturated rings. The summed E-state index contributed by atoms with van der Waals surface area (Å²) in [6.45, 7) is 3.98. The van der Waals surface area contributed by atoms with E-state index >= 15 is 0 Å². The molecule has 0 amide bonds. The zero-order valence-electron chi connectivity index (χ0n) is 12.2. The predicted molar refractivity (Wildman–Crippen MR) is 76.7 cm³/mol. The van der Waals surface area contributed by atoms with Crippen LogP contribution in [0.2, 0.25) is 0 Å². The highest BCUT2D eigenvalue weighted by atomic mass is 16.5. The van der Waals surface area contributed by atoms with Gasteiger partial charge in [-0.05, 0) is 38.0 Å². The molecule has 0 spiro atoms. The van der Waals surface area contributed by atoms with Crippen LogP contribution < -0.4 is 10.5 Å². The smallest absolute Gasteiger partial charge is 0.226 e. The average Bonchev–Trinajstić information content (AvgIpc) is 2.84. The maximum Gasteiger partial charge on any atom is 0.226 e. The molecule has 2 N–H and O–H groups in total. The van der Waals surface area contributed by atoms with Crippen LogP contribution in [0.1, 0.15) is 37.5 Å². The number of aryl methyl sites for hydroxylation is 1. The predicted octanol–water partition coefficient (Wildman–Crippen LogP) is 2.34. The third-order valence-electron chi connectivity index (χ3n) is 3.01. The fourth-order valence-electron chi connectivity index (χ4n) is 1.82. The van der Waals surface area contributed by atoms with Gasteiger partial charge >= 0.3 is 0 Å². The number of benzene rings is 1. The minimum atomic E-state index is -0.218. The van der Waals surface area contributed by atoms with Crippen molar-refractivity contribution >= 4 is 0 Å². The molecular weight excluding hydrogens is 254 g/mol. The lowest BCUT2D eigenvalue weighted by Crippen LogP contribution is -2.32. The Morgan fingerprint density at radius 1 is 1.25 bits per heavy atom. The van der Waals surface area contributed by atoms with Crippen LogP contribution in [-0.4, -0.2) is 22.8 Å². The summed E-state index contributed by atoms with van der Waals surface area (Å²) in [5, 5.41) is 4.00. The van der Waals surface area contributed by atoms with Gasteiger partial charge in [0.15, 0.2) is 5.82 Å². The molecule has 1 aromatic carbocycles. The number of aromatic nitrogens is 2. The fourth-order valence-corrected chi connectivity index (χ4v) is 1.82. The first kappa shape index (κ1) is 14.5. The summed E-state index contributed by atoms with van der Waals surface area (Å²) in [5.74, 6) is 2.18. The SMILES string of the molecule is COc1ccc(Cc2noc(CCC(C)(C)N)n2)cc1. The van der Waals surface area contributed by atoms with Crippen molar-refractivity contribution in [3.63, 3.8) is 0 Å². The van der Waals surface area contributed by atoms with E-state index < -0.39 is 0 Å². The number of hydrogen-bond acceptors (Lipinski definition) is 5. The van der Waals surface area contributed by atoms with Crippen LogP contribution >= 0.6 is 0 Å². The van der Waals surface area contributed by atoms with Crippen LogP contribution in [-0.2, 0) is 12.8 Å². The van der Waals surface area contributed by atoms with Gasteiger partial charge in [0, 0.05) is 18.4 Å². The molecule has 0 saturated heterocycles. The summed E-state index contributed by atoms with van der Waals surface area (Å²) in [6, 6.07) is 7.84. The van der Waals surface area contributed by atoms with E-state index in [1.807, 2.05) is 38.1 Å². The summed E-state index contributed by atoms with van der Waals surface area (Å²) in [7, 11) is 1.65. The molecule has 5 nitrogen and oxygen atoms in total. The first-order valence-corrected chi connectivity index (χ1v) is 6.69. The molecular formula is C15H21N3O2. The topological polar surface area (TPSA) is 74.2 Å². The maximum absolute atomic E-state index is 5.94. The number of methoxy groups -OCH3 is 1. The highest BCUT2D eigenvalue weighted by molar-refractivity contribution is 5.28. The summed E-state index contributed by atoms with van der Waals surface area (Å²) in [6.07, 6.45) is 2.18. The molecule has 0 bridgehead atoms. The van der Waals surface area contributed by atoms with Crippen molar-refractivity contribution in [1.29, 1.82) is 0 Å². The molecule has 108 valence electrons. The average molecular weight is 275 g/mol. The zero-order chi connectivity index (χ0) is 14.6. The van der Waals surface area contributed by atoms with Gasteiger partial charge in [0.25, 0.3) is 0 Å². The van der Waals surface area contributed by atoms with Gasteiger partial charge in [-0.15, -0.1) is 0 Å². The molecule has 1 aromatic heterocycles. The lowest BCUT2D eigenvalue weighted by Gasteiger charge is -2.16. The highest BCUT2D eigenvalue weighted by Gasteiger charge is 2.14. The largest absolute Gasteiger partial charge is 0.497 e. The van der Waals surface area contributed by atoms with Crippen LogP contribution in [0.3, 0.4) is 0 Å². The fraction of sp³-hybridized carbons (Fsp3) is 0.467. The maximum atomic E-state index is 5.94. The summed E-state index contributed by atoms with van der Waals surface area (Å²) >= 11 is 0. The normalized spacial score (nSPS) is 11.6. The van der Waals surface area contributed by atoms with Gasteiger partial charge in [-0.2, -0.15) is 4.98 Å². The van der Waals surface area contributed by atoms with Crippen molar-refractivity contribution in [2.75, 3.05) is 7.11 Å². The highest BCUT2D eigenvalue weighted by Crippen LogP contribution is 2.14. The number of hydrogen-bond donors (Lipinski definition) is 1. The van der Waals surface area contributed by atoms with Crippen LogP contribution in [0.25, 0.3) is 0 Å². The monoisotopic (exact) mass is 275 g/mol. The minimum absolute atomic E-state index is 0.218. The quantitative estimate of drug-likeness (QED) is 0.875. The standard InChI is InChI=1S/C15H21N3O2/c1-15(2,16)9-8-14-17-13(18-20-14)10-11-4-6-12(19-3)7-5-11/h4-7H,8-10,16H2,1-3H3. The molecule has 1 heterocycles. The van der Waals surface area contributed by atoms with Crippen molar-refractivity contribution in [2.45, 2.75) is 38.6 Å². The summed E-state index contributed by atoms with van der Waals surface area (Å²) in [4.78, 5) is 4.39. The second-order valence-electron chi connectivity index (χ2n) is 5.62. The van der Waals surface area contributed by atoms with Crippen molar-refractivity contribution in [2.24, 2.45) is 5.73 Å². The van der Waals surface area contributed by atoms with Crippen LogP contribution in [0.15, 0.2) is 28.8 Å². The Morgan fingerprint density at radius 3 is 2.55 bits per heavy atom. The Kier molecular flexibility index (Phi) is 4.39. The van der Waals surface area contributed by atoms with E-state index in [0.29, 0.717) is 24.6 Å². The molecule has 20 heavy (non-hydrogen) atoms. The number of nitrogens with zero attached hydrogens (tertiary/aromatic N) is 2. The number of rotatable bonds is 6. The Hall–Kier alpha value is -1.88. The van der Waals surface area contributed by atoms with E-state index in [0.717, 1.165) is 17.7 Å². The van der Waals surface area contributed by atoms with E-state index in [9.17, 15) is 0 Å². The first-order chi connectivity index (χ1) is 9.46. The Morgan fingerprint density at radius 2 is 1.95 bits per heavy atom. The Balaban J connectivity index is 1.94. The molecule has 0 atom stereocenters. The molecule has 0 aliphatic carbocycles. The van der Waals surface area contributed by atoms with Gasteiger partial charge in [0.2, 0.25) is 5.89 Å². The molecule has 5 heteroatoms. The number of nitrogens with two attached hydrogens (primary N) is 1. The van der Waals surface area contributed by atoms with E-state index in [1.54, 1.807) is 7.11 Å². The Labute approximate surface area is 119 Å². The van der Waals surface area contributed by atoms with E-state index in [1.165, 1.54) is 0 Å². The molecule has 2 rings (SSSR count). The summed E-state index contributed by atoms with van der Waals surface area (Å²) < 4.78 is 10.4. The minimum Gasteiger partial charge on any atom is -0.497 e. The first-order valence-electron chi connectivity index (χ1n) is 6.69. The van der Waals surface area contributed by atoms with Crippen molar-refractivity contribution in [1.82, 2.24) is 10.1 Å². The van der Waals surface area contributed by atoms with Crippen LogP contribution in [0, 0.1) is 0 Å². The van der Waals surface area contributed by atoms with Crippen LogP contribution in [0.4, 0.5) is 0 Å². The molecule has 0 saturated carbocycles. The number of ether oxygens (including phenoxy) is 1. The van der Waals surface area contributed by atoms with E-state index in [-0.39, 0.29) is 5.54 Å². The lowest BCUT2D eigenvalue weighted by atomic mass is 10.0. The summed E-state index contributed by atoms with van der Waals surface area (Å²) in [5.41, 5.74) is 6.84. The third-order valence-corrected chi connectivity index (χ3v) is 3.01. The third kappa shape index (κ3) is 4.35. The van der Waals surface area contributed by atoms with Gasteiger partial charge in [-0.1, -0.05) is 17.3 Å². The van der Waals surface area contributed by atoms with Gasteiger partial charge in [-0.25, -0.2) is 0 Å². The van der Waals surface area contributed by atoms with Gasteiger partial charge in [0.1, 0.15) is 5.75 Å².